The summed E-state index contributed by atoms with van der Waals surface area (Å²) in [6.45, 7) is -0.246. The highest BCUT2D eigenvalue weighted by molar-refractivity contribution is 5.94. The van der Waals surface area contributed by atoms with Gasteiger partial charge in [0, 0.05) is 0 Å². The van der Waals surface area contributed by atoms with Gasteiger partial charge in [0.05, 0.1) is 30.1 Å². The number of aromatic amines is 1. The molecule has 25 heavy (non-hydrogen) atoms. The zero-order chi connectivity index (χ0) is 18.1. The van der Waals surface area contributed by atoms with Crippen molar-refractivity contribution in [2.24, 2.45) is 0 Å². The molecule has 3 rings (SSSR count). The first kappa shape index (κ1) is 16.6. The first-order chi connectivity index (χ1) is 11.9. The average molecular weight is 346 g/mol. The molecule has 0 bridgehead atoms. The average Bonchev–Trinajstić information content (AvgIpc) is 2.60. The summed E-state index contributed by atoms with van der Waals surface area (Å²) < 4.78 is 31.8. The summed E-state index contributed by atoms with van der Waals surface area (Å²) in [6.07, 6.45) is 0. The van der Waals surface area contributed by atoms with E-state index in [9.17, 15) is 23.2 Å². The van der Waals surface area contributed by atoms with Gasteiger partial charge in [-0.05, 0) is 35.9 Å². The van der Waals surface area contributed by atoms with Crippen molar-refractivity contribution in [3.63, 3.8) is 0 Å². The highest BCUT2D eigenvalue weighted by atomic mass is 19.2. The van der Waals surface area contributed by atoms with Crippen LogP contribution in [-0.4, -0.2) is 22.6 Å². The van der Waals surface area contributed by atoms with Crippen LogP contribution in [0.1, 0.15) is 15.9 Å². The van der Waals surface area contributed by atoms with E-state index in [-0.39, 0.29) is 28.6 Å². The second kappa shape index (κ2) is 6.31. The topological polar surface area (TPSA) is 81.2 Å². The predicted molar refractivity (Wildman–Crippen MR) is 85.6 cm³/mol. The number of fused-ring (bicyclic) bond motifs is 1. The fourth-order valence-corrected chi connectivity index (χ4v) is 2.46. The highest BCUT2D eigenvalue weighted by Gasteiger charge is 2.13. The predicted octanol–water partition coefficient (Wildman–Crippen LogP) is 1.80. The molecule has 0 saturated heterocycles. The number of hydrogen-bond donors (Lipinski definition) is 1. The molecule has 0 aliphatic carbocycles. The number of benzene rings is 2. The van der Waals surface area contributed by atoms with Crippen LogP contribution < -0.4 is 11.2 Å². The molecule has 128 valence electrons. The number of nitrogens with one attached hydrogen (secondary N) is 1. The molecular formula is C17H12F2N2O4. The molecule has 0 spiro atoms. The van der Waals surface area contributed by atoms with Crippen molar-refractivity contribution in [2.75, 3.05) is 7.11 Å². The lowest BCUT2D eigenvalue weighted by molar-refractivity contribution is 0.0601. The minimum atomic E-state index is -1.07. The van der Waals surface area contributed by atoms with E-state index in [1.54, 1.807) is 0 Å². The van der Waals surface area contributed by atoms with Crippen molar-refractivity contribution in [1.29, 1.82) is 0 Å². The van der Waals surface area contributed by atoms with Crippen molar-refractivity contribution in [3.8, 4) is 0 Å². The second-order valence-corrected chi connectivity index (χ2v) is 5.32. The van der Waals surface area contributed by atoms with Crippen LogP contribution in [0.25, 0.3) is 10.9 Å². The van der Waals surface area contributed by atoms with E-state index in [4.69, 9.17) is 0 Å². The molecule has 0 saturated carbocycles. The SMILES string of the molecule is COC(=O)c1ccc2[nH]c(=O)n(Cc3ccc(F)c(F)c3)c(=O)c2c1. The van der Waals surface area contributed by atoms with Gasteiger partial charge in [0.15, 0.2) is 11.6 Å². The molecule has 0 amide bonds. The van der Waals surface area contributed by atoms with Crippen LogP contribution in [0.15, 0.2) is 46.0 Å². The third-order valence-corrected chi connectivity index (χ3v) is 3.73. The van der Waals surface area contributed by atoms with Crippen molar-refractivity contribution in [3.05, 3.63) is 80.0 Å². The molecular weight excluding hydrogens is 334 g/mol. The van der Waals surface area contributed by atoms with Gasteiger partial charge >= 0.3 is 11.7 Å². The van der Waals surface area contributed by atoms with Gasteiger partial charge in [0.1, 0.15) is 0 Å². The molecule has 0 fully saturated rings. The van der Waals surface area contributed by atoms with Crippen molar-refractivity contribution < 1.29 is 18.3 Å². The number of hydrogen-bond acceptors (Lipinski definition) is 4. The van der Waals surface area contributed by atoms with Crippen molar-refractivity contribution in [2.45, 2.75) is 6.54 Å². The summed E-state index contributed by atoms with van der Waals surface area (Å²) in [5, 5.41) is 0.102. The number of nitrogens with zero attached hydrogens (tertiary/aromatic N) is 1. The first-order valence-corrected chi connectivity index (χ1v) is 7.20. The number of esters is 1. The number of rotatable bonds is 3. The molecule has 1 aromatic heterocycles. The van der Waals surface area contributed by atoms with Crippen LogP contribution in [0.5, 0.6) is 0 Å². The smallest absolute Gasteiger partial charge is 0.337 e. The minimum Gasteiger partial charge on any atom is -0.465 e. The number of carbonyl (C=O) groups excluding carboxylic acids is 1. The normalized spacial score (nSPS) is 10.8. The van der Waals surface area contributed by atoms with E-state index < -0.39 is 28.9 Å². The molecule has 6 nitrogen and oxygen atoms in total. The van der Waals surface area contributed by atoms with Gasteiger partial charge in [0.2, 0.25) is 0 Å². The Morgan fingerprint density at radius 1 is 1.12 bits per heavy atom. The molecule has 0 atom stereocenters. The lowest BCUT2D eigenvalue weighted by atomic mass is 10.1. The van der Waals surface area contributed by atoms with Crippen LogP contribution in [0.3, 0.4) is 0 Å². The molecule has 1 N–H and O–H groups in total. The van der Waals surface area contributed by atoms with Crippen molar-refractivity contribution >= 4 is 16.9 Å². The maximum atomic E-state index is 13.3. The van der Waals surface area contributed by atoms with E-state index in [2.05, 4.69) is 9.72 Å². The summed E-state index contributed by atoms with van der Waals surface area (Å²) in [6, 6.07) is 7.26. The van der Waals surface area contributed by atoms with E-state index in [0.717, 1.165) is 16.7 Å². The first-order valence-electron chi connectivity index (χ1n) is 7.20. The molecule has 8 heteroatoms. The third kappa shape index (κ3) is 3.06. The van der Waals surface area contributed by atoms with Gasteiger partial charge in [-0.25, -0.2) is 18.4 Å². The Morgan fingerprint density at radius 2 is 1.88 bits per heavy atom. The van der Waals surface area contributed by atoms with Crippen molar-refractivity contribution in [1.82, 2.24) is 9.55 Å². The number of carbonyl (C=O) groups is 1. The molecule has 3 aromatic rings. The fraction of sp³-hybridized carbons (Fsp3) is 0.118. The Hall–Kier alpha value is -3.29. The third-order valence-electron chi connectivity index (χ3n) is 3.73. The molecule has 1 heterocycles. The molecule has 0 unspecified atom stereocenters. The van der Waals surface area contributed by atoms with Gasteiger partial charge in [-0.15, -0.1) is 0 Å². The van der Waals surface area contributed by atoms with Gasteiger partial charge in [0.25, 0.3) is 5.56 Å². The monoisotopic (exact) mass is 346 g/mol. The largest absolute Gasteiger partial charge is 0.465 e. The Balaban J connectivity index is 2.14. The lowest BCUT2D eigenvalue weighted by Crippen LogP contribution is -2.35. The number of aromatic nitrogens is 2. The summed E-state index contributed by atoms with van der Waals surface area (Å²) >= 11 is 0. The summed E-state index contributed by atoms with van der Waals surface area (Å²) in [4.78, 5) is 38.8. The van der Waals surface area contributed by atoms with E-state index in [1.807, 2.05) is 0 Å². The lowest BCUT2D eigenvalue weighted by Gasteiger charge is -2.08. The molecule has 0 aliphatic heterocycles. The van der Waals surface area contributed by atoms with Gasteiger partial charge in [-0.3, -0.25) is 9.36 Å². The number of ether oxygens (including phenoxy) is 1. The van der Waals surface area contributed by atoms with E-state index in [0.29, 0.717) is 0 Å². The molecule has 0 radical (unpaired) electrons. The summed E-state index contributed by atoms with van der Waals surface area (Å²) in [7, 11) is 1.21. The zero-order valence-corrected chi connectivity index (χ0v) is 13.0. The van der Waals surface area contributed by atoms with Crippen LogP contribution in [0, 0.1) is 11.6 Å². The number of H-pyrrole nitrogens is 1. The van der Waals surface area contributed by atoms with E-state index in [1.165, 1.54) is 31.4 Å². The van der Waals surface area contributed by atoms with Crippen LogP contribution in [0.4, 0.5) is 8.78 Å². The highest BCUT2D eigenvalue weighted by Crippen LogP contribution is 2.12. The minimum absolute atomic E-state index is 0.102. The summed E-state index contributed by atoms with van der Waals surface area (Å²) in [5.41, 5.74) is -0.708. The van der Waals surface area contributed by atoms with Crippen LogP contribution in [0.2, 0.25) is 0 Å². The van der Waals surface area contributed by atoms with E-state index >= 15 is 0 Å². The van der Waals surface area contributed by atoms with Crippen LogP contribution >= 0.6 is 0 Å². The summed E-state index contributed by atoms with van der Waals surface area (Å²) in [5.74, 6) is -2.72. The number of methoxy groups -OCH3 is 1. The fourth-order valence-electron chi connectivity index (χ4n) is 2.46. The molecule has 2 aromatic carbocycles. The Bertz CT molecular complexity index is 1100. The van der Waals surface area contributed by atoms with Gasteiger partial charge in [-0.2, -0.15) is 0 Å². The van der Waals surface area contributed by atoms with Gasteiger partial charge < -0.3 is 9.72 Å². The quantitative estimate of drug-likeness (QED) is 0.734. The zero-order valence-electron chi connectivity index (χ0n) is 13.0. The molecule has 0 aliphatic rings. The Kier molecular flexibility index (Phi) is 4.18. The number of halogens is 2. The Morgan fingerprint density at radius 3 is 2.56 bits per heavy atom. The maximum absolute atomic E-state index is 13.3. The van der Waals surface area contributed by atoms with Crippen LogP contribution in [-0.2, 0) is 11.3 Å². The van der Waals surface area contributed by atoms with Gasteiger partial charge in [-0.1, -0.05) is 6.07 Å². The standard InChI is InChI=1S/C17H12F2N2O4/c1-25-16(23)10-3-5-14-11(7-10)15(22)21(17(24)20-14)8-9-2-4-12(18)13(19)6-9/h2-7H,8H2,1H3,(H,20,24). The Labute approximate surface area is 139 Å². The maximum Gasteiger partial charge on any atom is 0.337 e. The second-order valence-electron chi connectivity index (χ2n) is 5.32.